The Labute approximate surface area is 207 Å². The van der Waals surface area contributed by atoms with Crippen molar-refractivity contribution in [1.82, 2.24) is 10.6 Å². The van der Waals surface area contributed by atoms with Gasteiger partial charge in [-0.3, -0.25) is 9.59 Å². The van der Waals surface area contributed by atoms with Crippen LogP contribution in [0.25, 0.3) is 0 Å². The van der Waals surface area contributed by atoms with E-state index >= 15 is 0 Å². The van der Waals surface area contributed by atoms with Crippen LogP contribution in [0.4, 0.5) is 0 Å². The number of unbranched alkanes of at least 4 members (excludes halogenated alkanes) is 9. The van der Waals surface area contributed by atoms with Crippen LogP contribution in [0.5, 0.6) is 0 Å². The standard InChI is InChI=1S/C16H26Br6N2O2/c17-15(18,19)13(25)23-11-9-7-5-3-1-2-4-6-8-10-12-24-14(26)16(20,21)22/h1-12H2,(H,23,25)(H,24,26). The Hall–Kier alpha value is 1.82. The molecule has 0 spiro atoms. The van der Waals surface area contributed by atoms with E-state index in [-0.39, 0.29) is 11.8 Å². The Morgan fingerprint density at radius 2 is 0.731 bits per heavy atom. The van der Waals surface area contributed by atoms with Gasteiger partial charge in [-0.2, -0.15) is 0 Å². The van der Waals surface area contributed by atoms with Crippen molar-refractivity contribution in [2.75, 3.05) is 13.1 Å². The molecule has 0 aromatic rings. The topological polar surface area (TPSA) is 58.2 Å². The van der Waals surface area contributed by atoms with Gasteiger partial charge in [0, 0.05) is 13.1 Å². The molecule has 2 N–H and O–H groups in total. The molecule has 0 heterocycles. The average molecular weight is 758 g/mol. The largest absolute Gasteiger partial charge is 0.353 e. The first kappa shape index (κ1) is 27.8. The molecule has 0 atom stereocenters. The number of halogens is 6. The average Bonchev–Trinajstić information content (AvgIpc) is 2.52. The minimum Gasteiger partial charge on any atom is -0.353 e. The van der Waals surface area contributed by atoms with Gasteiger partial charge in [0.25, 0.3) is 11.8 Å². The van der Waals surface area contributed by atoms with Gasteiger partial charge >= 0.3 is 0 Å². The Morgan fingerprint density at radius 1 is 0.500 bits per heavy atom. The van der Waals surface area contributed by atoms with Gasteiger partial charge in [0.2, 0.25) is 4.29 Å². The number of amides is 2. The number of carbonyl (C=O) groups is 2. The molecule has 0 unspecified atom stereocenters. The zero-order chi connectivity index (χ0) is 20.1. The molecule has 10 heteroatoms. The third-order valence-electron chi connectivity index (χ3n) is 3.69. The molecule has 26 heavy (non-hydrogen) atoms. The molecule has 4 nitrogen and oxygen atoms in total. The fraction of sp³-hybridized carbons (Fsp3) is 0.875. The molecule has 0 aromatic heterocycles. The highest BCUT2D eigenvalue weighted by Crippen LogP contribution is 2.33. The summed E-state index contributed by atoms with van der Waals surface area (Å²) in [5.74, 6) is -0.217. The highest BCUT2D eigenvalue weighted by atomic mass is 80.0. The predicted octanol–water partition coefficient (Wildman–Crippen LogP) is 6.80. The van der Waals surface area contributed by atoms with Gasteiger partial charge in [-0.25, -0.2) is 0 Å². The summed E-state index contributed by atoms with van der Waals surface area (Å²) in [5.41, 5.74) is 0. The second kappa shape index (κ2) is 15.6. The number of hydrogen-bond donors (Lipinski definition) is 2. The van der Waals surface area contributed by atoms with Crippen LogP contribution < -0.4 is 10.6 Å². The van der Waals surface area contributed by atoms with Gasteiger partial charge in [0.1, 0.15) is 0 Å². The quantitative estimate of drug-likeness (QED) is 0.161. The molecule has 0 aliphatic rings. The first-order valence-corrected chi connectivity index (χ1v) is 13.5. The lowest BCUT2D eigenvalue weighted by Crippen LogP contribution is -2.34. The van der Waals surface area contributed by atoms with E-state index in [1.807, 2.05) is 0 Å². The molecular formula is C16H26Br6N2O2. The van der Waals surface area contributed by atoms with Gasteiger partial charge in [-0.05, 0) is 108 Å². The second-order valence-electron chi connectivity index (χ2n) is 6.04. The van der Waals surface area contributed by atoms with E-state index in [1.54, 1.807) is 0 Å². The Kier molecular flexibility index (Phi) is 16.7. The molecule has 0 aromatic carbocycles. The third-order valence-corrected chi connectivity index (χ3v) is 5.85. The molecule has 0 aliphatic heterocycles. The minimum absolute atomic E-state index is 0.108. The van der Waals surface area contributed by atoms with Crippen molar-refractivity contribution in [3.63, 3.8) is 0 Å². The van der Waals surface area contributed by atoms with E-state index in [0.29, 0.717) is 13.1 Å². The molecule has 0 aliphatic carbocycles. The summed E-state index contributed by atoms with van der Waals surface area (Å²) in [5, 5.41) is 5.72. The fourth-order valence-electron chi connectivity index (χ4n) is 2.27. The van der Waals surface area contributed by atoms with E-state index < -0.39 is 4.29 Å². The molecule has 0 bridgehead atoms. The van der Waals surface area contributed by atoms with E-state index in [0.717, 1.165) is 25.7 Å². The zero-order valence-electron chi connectivity index (χ0n) is 14.6. The van der Waals surface area contributed by atoms with Crippen LogP contribution in [0.15, 0.2) is 0 Å². The van der Waals surface area contributed by atoms with E-state index in [4.69, 9.17) is 0 Å². The molecule has 0 rings (SSSR count). The van der Waals surface area contributed by atoms with Crippen molar-refractivity contribution >= 4 is 107 Å². The van der Waals surface area contributed by atoms with Crippen molar-refractivity contribution in [1.29, 1.82) is 0 Å². The van der Waals surface area contributed by atoms with Crippen LogP contribution in [0.3, 0.4) is 0 Å². The number of alkyl halides is 6. The highest BCUT2D eigenvalue weighted by Gasteiger charge is 2.28. The Balaban J connectivity index is 3.28. The summed E-state index contributed by atoms with van der Waals surface area (Å²) in [7, 11) is 0. The summed E-state index contributed by atoms with van der Waals surface area (Å²) in [6, 6.07) is 0. The molecule has 2 amide bonds. The maximum absolute atomic E-state index is 11.6. The van der Waals surface area contributed by atoms with Crippen molar-refractivity contribution in [3.8, 4) is 0 Å². The van der Waals surface area contributed by atoms with Gasteiger partial charge in [-0.1, -0.05) is 51.4 Å². The van der Waals surface area contributed by atoms with Gasteiger partial charge in [0.05, 0.1) is 0 Å². The summed E-state index contributed by atoms with van der Waals surface area (Å²) < 4.78 is -1.70. The predicted molar refractivity (Wildman–Crippen MR) is 131 cm³/mol. The van der Waals surface area contributed by atoms with Crippen molar-refractivity contribution < 1.29 is 9.59 Å². The Bertz CT molecular complexity index is 373. The van der Waals surface area contributed by atoms with Crippen LogP contribution in [0.1, 0.15) is 64.2 Å². The van der Waals surface area contributed by atoms with Crippen molar-refractivity contribution in [2.24, 2.45) is 0 Å². The SMILES string of the molecule is O=C(NCCCCCCCCCCCCNC(=O)C(Br)(Br)Br)C(Br)(Br)Br. The van der Waals surface area contributed by atoms with Gasteiger partial charge in [-0.15, -0.1) is 0 Å². The summed E-state index contributed by atoms with van der Waals surface area (Å²) >= 11 is 19.2. The maximum Gasteiger partial charge on any atom is 0.258 e. The van der Waals surface area contributed by atoms with Crippen LogP contribution in [-0.2, 0) is 9.59 Å². The minimum atomic E-state index is -0.848. The molecule has 0 saturated carbocycles. The molecule has 0 saturated heterocycles. The second-order valence-corrected chi connectivity index (χ2v) is 19.6. The lowest BCUT2D eigenvalue weighted by atomic mass is 10.1. The zero-order valence-corrected chi connectivity index (χ0v) is 24.1. The fourth-order valence-corrected chi connectivity index (χ4v) is 3.11. The molecule has 154 valence electrons. The number of carbonyl (C=O) groups excluding carboxylic acids is 2. The first-order valence-electron chi connectivity index (χ1n) is 8.75. The number of hydrogen-bond acceptors (Lipinski definition) is 2. The number of rotatable bonds is 13. The molecular weight excluding hydrogens is 732 g/mol. The first-order chi connectivity index (χ1) is 12.0. The monoisotopic (exact) mass is 752 g/mol. The summed E-state index contributed by atoms with van der Waals surface area (Å²) in [6.07, 6.45) is 11.8. The highest BCUT2D eigenvalue weighted by molar-refractivity contribution is 9.40. The lowest BCUT2D eigenvalue weighted by Gasteiger charge is -2.12. The van der Waals surface area contributed by atoms with Crippen LogP contribution >= 0.6 is 95.6 Å². The smallest absolute Gasteiger partial charge is 0.258 e. The van der Waals surface area contributed by atoms with Crippen LogP contribution in [0, 0.1) is 0 Å². The maximum atomic E-state index is 11.6. The summed E-state index contributed by atoms with van der Waals surface area (Å²) in [4.78, 5) is 23.1. The van der Waals surface area contributed by atoms with Crippen LogP contribution in [0.2, 0.25) is 0 Å². The van der Waals surface area contributed by atoms with E-state index in [9.17, 15) is 9.59 Å². The normalized spacial score (nSPS) is 12.1. The van der Waals surface area contributed by atoms with Crippen molar-refractivity contribution in [3.05, 3.63) is 0 Å². The van der Waals surface area contributed by atoms with E-state index in [1.165, 1.54) is 38.5 Å². The van der Waals surface area contributed by atoms with Crippen molar-refractivity contribution in [2.45, 2.75) is 68.5 Å². The van der Waals surface area contributed by atoms with E-state index in [2.05, 4.69) is 106 Å². The van der Waals surface area contributed by atoms with Gasteiger partial charge < -0.3 is 10.6 Å². The Morgan fingerprint density at radius 3 is 0.962 bits per heavy atom. The van der Waals surface area contributed by atoms with Crippen LogP contribution in [-0.4, -0.2) is 29.2 Å². The molecule has 0 fully saturated rings. The number of nitrogens with one attached hydrogen (secondary N) is 2. The lowest BCUT2D eigenvalue weighted by molar-refractivity contribution is -0.120. The van der Waals surface area contributed by atoms with Gasteiger partial charge in [0.15, 0.2) is 0 Å². The molecule has 0 radical (unpaired) electrons. The summed E-state index contributed by atoms with van der Waals surface area (Å²) in [6.45, 7) is 1.42. The third kappa shape index (κ3) is 16.7.